The van der Waals surface area contributed by atoms with Gasteiger partial charge in [-0.25, -0.2) is 13.1 Å². The van der Waals surface area contributed by atoms with Gasteiger partial charge in [0.15, 0.2) is 0 Å². The number of nitrogens with one attached hydrogen (secondary N) is 1. The van der Waals surface area contributed by atoms with E-state index >= 15 is 0 Å². The van der Waals surface area contributed by atoms with Crippen molar-refractivity contribution in [3.63, 3.8) is 0 Å². The van der Waals surface area contributed by atoms with E-state index in [2.05, 4.69) is 20.7 Å². The molecule has 21 heavy (non-hydrogen) atoms. The topological polar surface area (TPSA) is 66.4 Å². The number of sulfonamides is 1. The summed E-state index contributed by atoms with van der Waals surface area (Å²) in [4.78, 5) is 0.0660. The molecule has 0 atom stereocenters. The van der Waals surface area contributed by atoms with Crippen LogP contribution in [0.25, 0.3) is 0 Å². The summed E-state index contributed by atoms with van der Waals surface area (Å²) in [6.45, 7) is 0.252. The van der Waals surface area contributed by atoms with E-state index in [4.69, 9.17) is 11.6 Å². The molecule has 1 fully saturated rings. The van der Waals surface area contributed by atoms with E-state index in [1.54, 1.807) is 12.1 Å². The highest BCUT2D eigenvalue weighted by Crippen LogP contribution is 2.35. The number of aliphatic hydroxyl groups excluding tert-OH is 1. The van der Waals surface area contributed by atoms with Crippen molar-refractivity contribution in [1.29, 1.82) is 0 Å². The van der Waals surface area contributed by atoms with Crippen molar-refractivity contribution in [3.8, 4) is 0 Å². The van der Waals surface area contributed by atoms with Crippen LogP contribution in [0.4, 0.5) is 0 Å². The highest BCUT2D eigenvalue weighted by molar-refractivity contribution is 9.10. The van der Waals surface area contributed by atoms with E-state index in [0.717, 1.165) is 36.6 Å². The molecule has 0 aromatic heterocycles. The lowest BCUT2D eigenvalue weighted by Gasteiger charge is -2.35. The van der Waals surface area contributed by atoms with Crippen LogP contribution >= 0.6 is 27.5 Å². The van der Waals surface area contributed by atoms with E-state index in [0.29, 0.717) is 0 Å². The summed E-state index contributed by atoms with van der Waals surface area (Å²) in [5.41, 5.74) is -0.340. The van der Waals surface area contributed by atoms with E-state index in [1.165, 1.54) is 6.07 Å². The van der Waals surface area contributed by atoms with E-state index in [-0.39, 0.29) is 28.5 Å². The predicted molar refractivity (Wildman–Crippen MR) is 86.9 cm³/mol. The van der Waals surface area contributed by atoms with Crippen molar-refractivity contribution in [3.05, 3.63) is 27.7 Å². The third-order valence-corrected chi connectivity index (χ3v) is 6.45. The molecule has 0 amide bonds. The molecular weight excluding hydrogens is 378 g/mol. The van der Waals surface area contributed by atoms with Crippen molar-refractivity contribution in [2.45, 2.75) is 37.0 Å². The first kappa shape index (κ1) is 17.2. The average Bonchev–Trinajstić information content (AvgIpc) is 2.46. The van der Waals surface area contributed by atoms with Crippen LogP contribution in [-0.4, -0.2) is 26.7 Å². The molecule has 0 saturated heterocycles. The SMILES string of the molecule is O=S(=O)(NCC1(CO)CCCCC1)c1ccc(Br)cc1Cl. The van der Waals surface area contributed by atoms with Crippen LogP contribution in [0, 0.1) is 5.41 Å². The Morgan fingerprint density at radius 3 is 2.52 bits per heavy atom. The maximum absolute atomic E-state index is 12.4. The largest absolute Gasteiger partial charge is 0.396 e. The van der Waals surface area contributed by atoms with Gasteiger partial charge in [-0.2, -0.15) is 0 Å². The monoisotopic (exact) mass is 395 g/mol. The second-order valence-electron chi connectivity index (χ2n) is 5.62. The zero-order valence-electron chi connectivity index (χ0n) is 11.6. The van der Waals surface area contributed by atoms with Crippen LogP contribution in [0.5, 0.6) is 0 Å². The van der Waals surface area contributed by atoms with E-state index < -0.39 is 10.0 Å². The number of hydrogen-bond donors (Lipinski definition) is 2. The Hall–Kier alpha value is -0.140. The van der Waals surface area contributed by atoms with Crippen molar-refractivity contribution in [1.82, 2.24) is 4.72 Å². The van der Waals surface area contributed by atoms with Gasteiger partial charge in [0.25, 0.3) is 0 Å². The lowest BCUT2D eigenvalue weighted by Crippen LogP contribution is -2.41. The van der Waals surface area contributed by atoms with Crippen molar-refractivity contribution < 1.29 is 13.5 Å². The van der Waals surface area contributed by atoms with Gasteiger partial charge in [0.05, 0.1) is 5.02 Å². The fraction of sp³-hybridized carbons (Fsp3) is 0.571. The molecule has 0 aliphatic heterocycles. The first-order valence-electron chi connectivity index (χ1n) is 6.94. The van der Waals surface area contributed by atoms with Gasteiger partial charge in [-0.05, 0) is 31.0 Å². The minimum Gasteiger partial charge on any atom is -0.396 e. The van der Waals surface area contributed by atoms with E-state index in [1.807, 2.05) is 0 Å². The molecule has 1 saturated carbocycles. The summed E-state index contributed by atoms with van der Waals surface area (Å²) in [6, 6.07) is 4.67. The zero-order valence-corrected chi connectivity index (χ0v) is 14.8. The van der Waals surface area contributed by atoms with Crippen LogP contribution in [0.15, 0.2) is 27.6 Å². The minimum atomic E-state index is -3.67. The van der Waals surface area contributed by atoms with Gasteiger partial charge in [-0.3, -0.25) is 0 Å². The molecule has 2 N–H and O–H groups in total. The maximum atomic E-state index is 12.4. The summed E-state index contributed by atoms with van der Waals surface area (Å²) in [6.07, 6.45) is 4.90. The highest BCUT2D eigenvalue weighted by atomic mass is 79.9. The van der Waals surface area contributed by atoms with Crippen LogP contribution in [0.2, 0.25) is 5.02 Å². The third-order valence-electron chi connectivity index (χ3n) is 4.07. The van der Waals surface area contributed by atoms with Crippen molar-refractivity contribution in [2.24, 2.45) is 5.41 Å². The second kappa shape index (κ2) is 6.96. The van der Waals surface area contributed by atoms with Gasteiger partial charge < -0.3 is 5.11 Å². The summed E-state index contributed by atoms with van der Waals surface area (Å²) >= 11 is 9.26. The van der Waals surface area contributed by atoms with Crippen LogP contribution in [0.3, 0.4) is 0 Å². The fourth-order valence-electron chi connectivity index (χ4n) is 2.71. The molecule has 4 nitrogen and oxygen atoms in total. The normalized spacial score (nSPS) is 18.6. The fourth-order valence-corrected chi connectivity index (χ4v) is 4.90. The van der Waals surface area contributed by atoms with Crippen LogP contribution in [-0.2, 0) is 10.0 Å². The first-order chi connectivity index (χ1) is 9.88. The second-order valence-corrected chi connectivity index (χ2v) is 8.68. The third kappa shape index (κ3) is 4.20. The Balaban J connectivity index is 2.13. The number of aliphatic hydroxyl groups is 1. The standard InChI is InChI=1S/C14H19BrClNO3S/c15-11-4-5-13(12(16)8-11)21(19,20)17-9-14(10-18)6-2-1-3-7-14/h4-5,8,17-18H,1-3,6-7,9-10H2. The smallest absolute Gasteiger partial charge is 0.242 e. The number of halogens is 2. The highest BCUT2D eigenvalue weighted by Gasteiger charge is 2.33. The van der Waals surface area contributed by atoms with Gasteiger partial charge in [-0.1, -0.05) is 46.8 Å². The Labute approximate surface area is 139 Å². The Morgan fingerprint density at radius 2 is 1.95 bits per heavy atom. The molecule has 0 unspecified atom stereocenters. The lowest BCUT2D eigenvalue weighted by molar-refractivity contribution is 0.0867. The zero-order chi connectivity index (χ0) is 15.5. The van der Waals surface area contributed by atoms with Crippen molar-refractivity contribution >= 4 is 37.6 Å². The molecule has 0 heterocycles. The molecule has 2 rings (SSSR count). The molecule has 1 aromatic rings. The molecule has 0 radical (unpaired) electrons. The Bertz CT molecular complexity index is 600. The Kier molecular flexibility index (Phi) is 5.71. The number of benzene rings is 1. The molecule has 1 aromatic carbocycles. The van der Waals surface area contributed by atoms with Gasteiger partial charge in [-0.15, -0.1) is 0 Å². The summed E-state index contributed by atoms with van der Waals surface area (Å²) in [5, 5.41) is 9.81. The first-order valence-corrected chi connectivity index (χ1v) is 9.60. The number of hydrogen-bond acceptors (Lipinski definition) is 3. The van der Waals surface area contributed by atoms with Gasteiger partial charge in [0.2, 0.25) is 10.0 Å². The summed E-state index contributed by atoms with van der Waals surface area (Å²) < 4.78 is 28.1. The molecule has 118 valence electrons. The summed E-state index contributed by atoms with van der Waals surface area (Å²) in [5.74, 6) is 0. The molecular formula is C14H19BrClNO3S. The lowest BCUT2D eigenvalue weighted by atomic mass is 9.75. The van der Waals surface area contributed by atoms with E-state index in [9.17, 15) is 13.5 Å². The average molecular weight is 397 g/mol. The molecule has 0 bridgehead atoms. The molecule has 7 heteroatoms. The molecule has 1 aliphatic rings. The number of rotatable bonds is 5. The van der Waals surface area contributed by atoms with Crippen LogP contribution < -0.4 is 4.72 Å². The molecule has 0 spiro atoms. The predicted octanol–water partition coefficient (Wildman–Crippen LogP) is 3.32. The van der Waals surface area contributed by atoms with Gasteiger partial charge in [0.1, 0.15) is 4.90 Å². The van der Waals surface area contributed by atoms with Gasteiger partial charge >= 0.3 is 0 Å². The van der Waals surface area contributed by atoms with Crippen molar-refractivity contribution in [2.75, 3.05) is 13.2 Å². The maximum Gasteiger partial charge on any atom is 0.242 e. The minimum absolute atomic E-state index is 0.00356. The quantitative estimate of drug-likeness (QED) is 0.802. The van der Waals surface area contributed by atoms with Crippen LogP contribution in [0.1, 0.15) is 32.1 Å². The molecule has 1 aliphatic carbocycles. The van der Waals surface area contributed by atoms with Gasteiger partial charge in [0, 0.05) is 23.0 Å². The Morgan fingerprint density at radius 1 is 1.29 bits per heavy atom. The summed E-state index contributed by atoms with van der Waals surface area (Å²) in [7, 11) is -3.67.